The van der Waals surface area contributed by atoms with Gasteiger partial charge in [-0.15, -0.1) is 8.78 Å². The standard InChI is InChI=1S/C15H13F2N5O5S/c1-7-4-9-10(5-11(7)27-15(16,17)24)21-14(20-9)22-13(23)8-2-3-12(19-6-8)28(18,25)26/h2-6,24H,1H3,(H2,18,25,26)(H2,20,21,22,23). The molecule has 2 aromatic heterocycles. The topological polar surface area (TPSA) is 160 Å². The van der Waals surface area contributed by atoms with Gasteiger partial charge in [0.25, 0.3) is 15.9 Å². The molecular weight excluding hydrogens is 400 g/mol. The minimum Gasteiger partial charge on any atom is -0.409 e. The van der Waals surface area contributed by atoms with E-state index in [0.29, 0.717) is 11.1 Å². The molecule has 3 aromatic rings. The fraction of sp³-hybridized carbons (Fsp3) is 0.133. The van der Waals surface area contributed by atoms with E-state index in [0.717, 1.165) is 12.3 Å². The number of carbonyl (C=O) groups excluding carboxylic acids is 1. The van der Waals surface area contributed by atoms with Gasteiger partial charge in [0.15, 0.2) is 5.03 Å². The van der Waals surface area contributed by atoms with Crippen molar-refractivity contribution < 1.29 is 31.8 Å². The van der Waals surface area contributed by atoms with E-state index >= 15 is 0 Å². The number of aromatic amines is 1. The molecule has 0 spiro atoms. The van der Waals surface area contributed by atoms with E-state index in [-0.39, 0.29) is 22.8 Å². The molecule has 1 aromatic carbocycles. The van der Waals surface area contributed by atoms with Crippen molar-refractivity contribution in [2.75, 3.05) is 5.32 Å². The second-order valence-corrected chi connectivity index (χ2v) is 7.20. The van der Waals surface area contributed by atoms with Gasteiger partial charge in [0.2, 0.25) is 5.95 Å². The highest BCUT2D eigenvalue weighted by molar-refractivity contribution is 7.89. The highest BCUT2D eigenvalue weighted by Gasteiger charge is 2.28. The third kappa shape index (κ3) is 4.39. The van der Waals surface area contributed by atoms with Gasteiger partial charge in [-0.3, -0.25) is 10.1 Å². The van der Waals surface area contributed by atoms with Crippen molar-refractivity contribution in [1.29, 1.82) is 0 Å². The molecule has 0 aliphatic heterocycles. The van der Waals surface area contributed by atoms with Gasteiger partial charge >= 0.3 is 6.29 Å². The van der Waals surface area contributed by atoms with Gasteiger partial charge in [-0.25, -0.2) is 23.5 Å². The smallest absolute Gasteiger partial charge is 0.409 e. The Morgan fingerprint density at radius 3 is 2.64 bits per heavy atom. The van der Waals surface area contributed by atoms with Crippen LogP contribution in [0.15, 0.2) is 35.5 Å². The number of sulfonamides is 1. The molecule has 13 heteroatoms. The number of ether oxygens (including phenoxy) is 1. The van der Waals surface area contributed by atoms with Crippen LogP contribution in [0.2, 0.25) is 0 Å². The highest BCUT2D eigenvalue weighted by Crippen LogP contribution is 2.28. The predicted octanol–water partition coefficient (Wildman–Crippen LogP) is 1.09. The van der Waals surface area contributed by atoms with Crippen molar-refractivity contribution in [3.8, 4) is 5.75 Å². The molecule has 0 atom stereocenters. The third-order valence-corrected chi connectivity index (χ3v) is 4.36. The number of alkyl halides is 2. The third-order valence-electron chi connectivity index (χ3n) is 3.53. The van der Waals surface area contributed by atoms with Crippen LogP contribution >= 0.6 is 0 Å². The van der Waals surface area contributed by atoms with E-state index in [1.165, 1.54) is 25.1 Å². The average molecular weight is 413 g/mol. The second kappa shape index (κ2) is 6.78. The minimum absolute atomic E-state index is 0.00262. The van der Waals surface area contributed by atoms with Gasteiger partial charge in [0, 0.05) is 12.3 Å². The number of pyridine rings is 1. The lowest BCUT2D eigenvalue weighted by Gasteiger charge is -2.12. The van der Waals surface area contributed by atoms with E-state index in [4.69, 9.17) is 10.2 Å². The Morgan fingerprint density at radius 1 is 1.36 bits per heavy atom. The summed E-state index contributed by atoms with van der Waals surface area (Å²) < 4.78 is 51.8. The van der Waals surface area contributed by atoms with Crippen LogP contribution in [0.4, 0.5) is 14.7 Å². The number of halogens is 2. The van der Waals surface area contributed by atoms with E-state index < -0.39 is 27.3 Å². The number of primary sulfonamides is 1. The Kier molecular flexibility index (Phi) is 4.74. The van der Waals surface area contributed by atoms with Crippen molar-refractivity contribution in [2.24, 2.45) is 5.14 Å². The Bertz CT molecular complexity index is 1160. The first kappa shape index (κ1) is 19.6. The number of fused-ring (bicyclic) bond motifs is 1. The Balaban J connectivity index is 1.83. The molecular formula is C15H13F2N5O5S. The lowest BCUT2D eigenvalue weighted by molar-refractivity contribution is -0.327. The summed E-state index contributed by atoms with van der Waals surface area (Å²) in [6, 6.07) is 4.90. The molecule has 0 saturated heterocycles. The number of hydrogen-bond acceptors (Lipinski definition) is 7. The Morgan fingerprint density at radius 2 is 2.07 bits per heavy atom. The predicted molar refractivity (Wildman–Crippen MR) is 92.2 cm³/mol. The van der Waals surface area contributed by atoms with E-state index in [2.05, 4.69) is 25.0 Å². The number of H-pyrrole nitrogens is 1. The number of hydrogen-bond donors (Lipinski definition) is 4. The van der Waals surface area contributed by atoms with Crippen LogP contribution in [0.25, 0.3) is 11.0 Å². The summed E-state index contributed by atoms with van der Waals surface area (Å²) in [4.78, 5) is 22.6. The van der Waals surface area contributed by atoms with Gasteiger partial charge in [-0.2, -0.15) is 0 Å². The fourth-order valence-electron chi connectivity index (χ4n) is 2.31. The van der Waals surface area contributed by atoms with Crippen molar-refractivity contribution >= 4 is 32.9 Å². The number of carbonyl (C=O) groups is 1. The Labute approximate surface area is 156 Å². The molecule has 0 radical (unpaired) electrons. The second-order valence-electron chi connectivity index (χ2n) is 5.69. The number of aryl methyl sites for hydroxylation is 1. The van der Waals surface area contributed by atoms with Crippen LogP contribution in [0.5, 0.6) is 5.75 Å². The first-order chi connectivity index (χ1) is 12.9. The van der Waals surface area contributed by atoms with Crippen molar-refractivity contribution in [2.45, 2.75) is 18.2 Å². The molecule has 0 saturated carbocycles. The number of amides is 1. The number of aliphatic hydroxyl groups is 1. The molecule has 5 N–H and O–H groups in total. The first-order valence-electron chi connectivity index (χ1n) is 7.52. The maximum atomic E-state index is 12.7. The summed E-state index contributed by atoms with van der Waals surface area (Å²) in [5.41, 5.74) is 0.950. The fourth-order valence-corrected chi connectivity index (χ4v) is 2.77. The van der Waals surface area contributed by atoms with Crippen molar-refractivity contribution in [1.82, 2.24) is 15.0 Å². The zero-order chi connectivity index (χ0) is 20.7. The molecule has 0 aliphatic rings. The van der Waals surface area contributed by atoms with Crippen molar-refractivity contribution in [3.05, 3.63) is 41.6 Å². The van der Waals surface area contributed by atoms with Gasteiger partial charge in [0.1, 0.15) is 5.75 Å². The van der Waals surface area contributed by atoms with E-state index in [1.807, 2.05) is 0 Å². The van der Waals surface area contributed by atoms with Gasteiger partial charge < -0.3 is 14.8 Å². The molecule has 10 nitrogen and oxygen atoms in total. The Hall–Kier alpha value is -3.16. The highest BCUT2D eigenvalue weighted by atomic mass is 32.2. The molecule has 3 rings (SSSR count). The largest absolute Gasteiger partial charge is 0.532 e. The number of benzene rings is 1. The summed E-state index contributed by atoms with van der Waals surface area (Å²) in [6.07, 6.45) is -3.32. The van der Waals surface area contributed by atoms with Crippen LogP contribution < -0.4 is 15.2 Å². The summed E-state index contributed by atoms with van der Waals surface area (Å²) in [5, 5.41) is 15.5. The number of nitrogens with two attached hydrogens (primary N) is 1. The molecule has 0 unspecified atom stereocenters. The van der Waals surface area contributed by atoms with Crippen LogP contribution in [0.3, 0.4) is 0 Å². The number of imidazole rings is 1. The average Bonchev–Trinajstić information content (AvgIpc) is 2.94. The summed E-state index contributed by atoms with van der Waals surface area (Å²) in [7, 11) is -3.99. The lowest BCUT2D eigenvalue weighted by atomic mass is 10.2. The van der Waals surface area contributed by atoms with Gasteiger partial charge in [-0.1, -0.05) is 0 Å². The summed E-state index contributed by atoms with van der Waals surface area (Å²) in [5.74, 6) is -0.933. The van der Waals surface area contributed by atoms with Crippen LogP contribution in [-0.2, 0) is 10.0 Å². The zero-order valence-corrected chi connectivity index (χ0v) is 14.9. The molecule has 148 valence electrons. The number of rotatable bonds is 5. The maximum absolute atomic E-state index is 12.7. The van der Waals surface area contributed by atoms with Crippen molar-refractivity contribution in [3.63, 3.8) is 0 Å². The van der Waals surface area contributed by atoms with Gasteiger partial charge in [0.05, 0.1) is 16.6 Å². The van der Waals surface area contributed by atoms with Gasteiger partial charge in [-0.05, 0) is 30.7 Å². The SMILES string of the molecule is Cc1cc2[nH]c(NC(=O)c3ccc(S(N)(=O)=O)nc3)nc2cc1OC(O)(F)F. The number of anilines is 1. The molecule has 0 bridgehead atoms. The molecule has 1 amide bonds. The maximum Gasteiger partial charge on any atom is 0.532 e. The molecule has 28 heavy (non-hydrogen) atoms. The lowest BCUT2D eigenvalue weighted by Crippen LogP contribution is -2.23. The normalized spacial score (nSPS) is 12.2. The van der Waals surface area contributed by atoms with Crippen LogP contribution in [0.1, 0.15) is 15.9 Å². The van der Waals surface area contributed by atoms with Crippen LogP contribution in [0, 0.1) is 6.92 Å². The number of aromatic nitrogens is 3. The number of nitrogens with zero attached hydrogens (tertiary/aromatic N) is 2. The molecule has 2 heterocycles. The van der Waals surface area contributed by atoms with Crippen LogP contribution in [-0.4, -0.2) is 40.7 Å². The molecule has 0 aliphatic carbocycles. The first-order valence-corrected chi connectivity index (χ1v) is 9.07. The number of nitrogens with one attached hydrogen (secondary N) is 2. The molecule has 0 fully saturated rings. The monoisotopic (exact) mass is 413 g/mol. The minimum atomic E-state index is -4.35. The summed E-state index contributed by atoms with van der Waals surface area (Å²) in [6.45, 7) is 1.48. The zero-order valence-electron chi connectivity index (χ0n) is 14.1. The quantitative estimate of drug-likeness (QED) is 0.455. The van der Waals surface area contributed by atoms with E-state index in [1.54, 1.807) is 0 Å². The van der Waals surface area contributed by atoms with E-state index in [9.17, 15) is 22.0 Å². The summed E-state index contributed by atoms with van der Waals surface area (Å²) >= 11 is 0.